The van der Waals surface area contributed by atoms with Gasteiger partial charge in [-0.2, -0.15) is 4.40 Å². The number of hydrogen-bond acceptors (Lipinski definition) is 3. The van der Waals surface area contributed by atoms with Crippen LogP contribution in [0.15, 0.2) is 22.6 Å². The van der Waals surface area contributed by atoms with Crippen LogP contribution in [0, 0.1) is 0 Å². The molecule has 25 heavy (non-hydrogen) atoms. The summed E-state index contributed by atoms with van der Waals surface area (Å²) in [5, 5.41) is 0.0760. The average molecular weight is 384 g/mol. The number of hydrogen-bond donors (Lipinski definition) is 0. The summed E-state index contributed by atoms with van der Waals surface area (Å²) in [6.07, 6.45) is 0. The second-order valence-electron chi connectivity index (χ2n) is 8.76. The van der Waals surface area contributed by atoms with Gasteiger partial charge in [0.25, 0.3) is 8.32 Å². The molecular formula is C19H33NO3SSi. The van der Waals surface area contributed by atoms with E-state index < -0.39 is 24.1 Å². The van der Waals surface area contributed by atoms with Crippen LogP contribution in [0.3, 0.4) is 0 Å². The fourth-order valence-electron chi connectivity index (χ4n) is 1.75. The van der Waals surface area contributed by atoms with Crippen LogP contribution in [0.1, 0.15) is 54.0 Å². The molecular weight excluding hydrogens is 350 g/mol. The monoisotopic (exact) mass is 383 g/mol. The van der Waals surface area contributed by atoms with Crippen molar-refractivity contribution < 1.29 is 13.4 Å². The first-order chi connectivity index (χ1) is 11.2. The maximum atomic E-state index is 12.4. The summed E-state index contributed by atoms with van der Waals surface area (Å²) < 4.78 is 28.3. The lowest BCUT2D eigenvalue weighted by Crippen LogP contribution is -2.44. The molecule has 1 atom stereocenters. The quantitative estimate of drug-likeness (QED) is 0.508. The van der Waals surface area contributed by atoms with Crippen molar-refractivity contribution in [3.8, 4) is 11.5 Å². The third-order valence-corrected chi connectivity index (χ3v) is 10.3. The van der Waals surface area contributed by atoms with Crippen molar-refractivity contribution in [3.63, 3.8) is 0 Å². The predicted molar refractivity (Wildman–Crippen MR) is 111 cm³/mol. The van der Waals surface area contributed by atoms with Gasteiger partial charge in [-0.15, -0.1) is 0 Å². The van der Waals surface area contributed by atoms with Crippen molar-refractivity contribution in [3.05, 3.63) is 23.8 Å². The van der Waals surface area contributed by atoms with Crippen LogP contribution in [0.2, 0.25) is 18.1 Å². The smallest absolute Gasteiger partial charge is 0.250 e. The maximum Gasteiger partial charge on any atom is 0.250 e. The van der Waals surface area contributed by atoms with E-state index in [1.54, 1.807) is 7.11 Å². The third-order valence-electron chi connectivity index (χ3n) is 4.49. The summed E-state index contributed by atoms with van der Waals surface area (Å²) in [6.45, 7) is 18.6. The number of nitrogens with zero attached hydrogens (tertiary/aromatic N) is 1. The number of ether oxygens (including phenoxy) is 1. The lowest BCUT2D eigenvalue weighted by atomic mass is 10.1. The van der Waals surface area contributed by atoms with Crippen molar-refractivity contribution >= 4 is 25.0 Å². The van der Waals surface area contributed by atoms with Crippen LogP contribution in [0.4, 0.5) is 0 Å². The molecule has 0 spiro atoms. The largest absolute Gasteiger partial charge is 0.543 e. The van der Waals surface area contributed by atoms with Crippen LogP contribution in [-0.2, 0) is 11.0 Å². The molecule has 1 unspecified atom stereocenters. The third kappa shape index (κ3) is 5.68. The predicted octanol–water partition coefficient (Wildman–Crippen LogP) is 5.35. The zero-order valence-electron chi connectivity index (χ0n) is 17.3. The van der Waals surface area contributed by atoms with Crippen LogP contribution in [0.25, 0.3) is 0 Å². The van der Waals surface area contributed by atoms with E-state index in [1.807, 2.05) is 45.9 Å². The Bertz CT molecular complexity index is 670. The second kappa shape index (κ2) is 7.62. The molecule has 0 fully saturated rings. The van der Waals surface area contributed by atoms with Crippen molar-refractivity contribution in [2.75, 3.05) is 7.11 Å². The Morgan fingerprint density at radius 3 is 2.12 bits per heavy atom. The van der Waals surface area contributed by atoms with E-state index in [4.69, 9.17) is 9.16 Å². The van der Waals surface area contributed by atoms with E-state index in [0.717, 1.165) is 17.1 Å². The van der Waals surface area contributed by atoms with Gasteiger partial charge in [0.1, 0.15) is 22.5 Å². The van der Waals surface area contributed by atoms with E-state index in [1.165, 1.54) is 0 Å². The Labute approximate surface area is 156 Å². The molecule has 1 aromatic rings. The second-order valence-corrected chi connectivity index (χ2v) is 15.4. The minimum absolute atomic E-state index is 0.0760. The molecule has 1 rings (SSSR count). The molecule has 1 aromatic carbocycles. The summed E-state index contributed by atoms with van der Waals surface area (Å²) in [6, 6.07) is 5.71. The molecule has 0 radical (unpaired) electrons. The SMILES string of the molecule is COc1ccc(/C(C)=N/S(=O)C(C)(C)C)c(O[Si](C)(C)C(C)(C)C)c1. The molecule has 0 aromatic heterocycles. The maximum absolute atomic E-state index is 12.4. The zero-order chi connectivity index (χ0) is 19.6. The fraction of sp³-hybridized carbons (Fsp3) is 0.632. The lowest BCUT2D eigenvalue weighted by molar-refractivity contribution is 0.410. The highest BCUT2D eigenvalue weighted by Gasteiger charge is 2.39. The van der Waals surface area contributed by atoms with Crippen LogP contribution < -0.4 is 9.16 Å². The van der Waals surface area contributed by atoms with E-state index in [0.29, 0.717) is 5.71 Å². The molecule has 0 bridgehead atoms. The van der Waals surface area contributed by atoms with Gasteiger partial charge in [-0.3, -0.25) is 0 Å². The molecule has 0 aliphatic heterocycles. The van der Waals surface area contributed by atoms with Crippen molar-refractivity contribution in [1.82, 2.24) is 0 Å². The minimum atomic E-state index is -2.02. The summed E-state index contributed by atoms with van der Waals surface area (Å²) in [7, 11) is -1.69. The number of benzene rings is 1. The molecule has 0 heterocycles. The molecule has 0 saturated carbocycles. The number of methoxy groups -OCH3 is 1. The van der Waals surface area contributed by atoms with Gasteiger partial charge < -0.3 is 9.16 Å². The molecule has 142 valence electrons. The Balaban J connectivity index is 3.38. The normalized spacial score (nSPS) is 15.0. The fourth-order valence-corrected chi connectivity index (χ4v) is 3.40. The summed E-state index contributed by atoms with van der Waals surface area (Å²) in [5.74, 6) is 1.49. The van der Waals surface area contributed by atoms with Crippen LogP contribution >= 0.6 is 0 Å². The molecule has 0 aliphatic rings. The average Bonchev–Trinajstić information content (AvgIpc) is 2.44. The van der Waals surface area contributed by atoms with Gasteiger partial charge in [0, 0.05) is 11.6 Å². The highest BCUT2D eigenvalue weighted by molar-refractivity contribution is 7.85. The Kier molecular flexibility index (Phi) is 6.67. The van der Waals surface area contributed by atoms with Crippen LogP contribution in [0.5, 0.6) is 11.5 Å². The van der Waals surface area contributed by atoms with Crippen molar-refractivity contribution in [2.45, 2.75) is 71.3 Å². The van der Waals surface area contributed by atoms with Gasteiger partial charge in [-0.1, -0.05) is 20.8 Å². The first kappa shape index (κ1) is 21.9. The van der Waals surface area contributed by atoms with E-state index in [9.17, 15) is 4.21 Å². The van der Waals surface area contributed by atoms with Gasteiger partial charge in [-0.25, -0.2) is 4.21 Å². The lowest BCUT2D eigenvalue weighted by Gasteiger charge is -2.37. The van der Waals surface area contributed by atoms with E-state index in [2.05, 4.69) is 38.3 Å². The summed E-state index contributed by atoms with van der Waals surface area (Å²) in [5.41, 5.74) is 1.58. The molecule has 6 heteroatoms. The number of rotatable bonds is 5. The van der Waals surface area contributed by atoms with Crippen molar-refractivity contribution in [1.29, 1.82) is 0 Å². The standard InChI is InChI=1S/C19H33NO3SSi/c1-14(20-24(21)18(2,3)4)16-12-11-15(22-8)13-17(16)23-25(9,10)19(5,6)7/h11-13H,1-10H3/b20-14+. The molecule has 0 saturated heterocycles. The first-order valence-corrected chi connectivity index (χ1v) is 12.6. The Morgan fingerprint density at radius 2 is 1.68 bits per heavy atom. The van der Waals surface area contributed by atoms with E-state index in [-0.39, 0.29) is 5.04 Å². The summed E-state index contributed by atoms with van der Waals surface area (Å²) >= 11 is 0. The van der Waals surface area contributed by atoms with Gasteiger partial charge >= 0.3 is 0 Å². The van der Waals surface area contributed by atoms with Gasteiger partial charge in [-0.05, 0) is 58.0 Å². The molecule has 0 N–H and O–H groups in total. The van der Waals surface area contributed by atoms with Gasteiger partial charge in [0.05, 0.1) is 17.6 Å². The molecule has 0 aliphatic carbocycles. The Hall–Kier alpha value is -1.14. The zero-order valence-corrected chi connectivity index (χ0v) is 19.1. The van der Waals surface area contributed by atoms with Gasteiger partial charge in [0.15, 0.2) is 0 Å². The molecule has 4 nitrogen and oxygen atoms in total. The highest BCUT2D eigenvalue weighted by atomic mass is 32.2. The Morgan fingerprint density at radius 1 is 1.12 bits per heavy atom. The van der Waals surface area contributed by atoms with Crippen molar-refractivity contribution in [2.24, 2.45) is 4.40 Å². The van der Waals surface area contributed by atoms with Crippen LogP contribution in [-0.4, -0.2) is 30.1 Å². The highest BCUT2D eigenvalue weighted by Crippen LogP contribution is 2.39. The first-order valence-electron chi connectivity index (χ1n) is 8.54. The minimum Gasteiger partial charge on any atom is -0.543 e. The summed E-state index contributed by atoms with van der Waals surface area (Å²) in [4.78, 5) is 0. The van der Waals surface area contributed by atoms with E-state index >= 15 is 0 Å². The molecule has 0 amide bonds. The van der Waals surface area contributed by atoms with Gasteiger partial charge in [0.2, 0.25) is 0 Å². The topological polar surface area (TPSA) is 47.9 Å².